The van der Waals surface area contributed by atoms with Gasteiger partial charge in [0.25, 0.3) is 0 Å². The van der Waals surface area contributed by atoms with Crippen LogP contribution in [0.1, 0.15) is 25.3 Å². The van der Waals surface area contributed by atoms with Gasteiger partial charge in [0.2, 0.25) is 0 Å². The topological polar surface area (TPSA) is 17.1 Å². The number of Topliss-reactive ketones (excluding diaryl/α,β-unsaturated/α-hetero) is 1. The van der Waals surface area contributed by atoms with Gasteiger partial charge in [-0.15, -0.1) is 11.8 Å². The maximum absolute atomic E-state index is 11.4. The molecule has 0 spiro atoms. The number of aryl methyl sites for hydroxylation is 1. The van der Waals surface area contributed by atoms with Crippen LogP contribution >= 0.6 is 11.8 Å². The van der Waals surface area contributed by atoms with Gasteiger partial charge in [0.05, 0.1) is 0 Å². The molecule has 0 saturated heterocycles. The highest BCUT2D eigenvalue weighted by molar-refractivity contribution is 8.00. The van der Waals surface area contributed by atoms with Crippen molar-refractivity contribution in [1.29, 1.82) is 0 Å². The molecule has 0 radical (unpaired) electrons. The normalized spacial score (nSPS) is 25.9. The summed E-state index contributed by atoms with van der Waals surface area (Å²) in [4.78, 5) is 12.8. The fourth-order valence-corrected chi connectivity index (χ4v) is 3.31. The van der Waals surface area contributed by atoms with E-state index < -0.39 is 0 Å². The standard InChI is InChI=1S/C13H16OS/c1-9-5-3-4-6-12(9)15-13-8-7-11(14)10(13)2/h3-6,10,13H,7-8H2,1-2H3. The second-order valence-corrected chi connectivity index (χ2v) is 5.50. The van der Waals surface area contributed by atoms with E-state index in [1.54, 1.807) is 0 Å². The van der Waals surface area contributed by atoms with Crippen molar-refractivity contribution in [1.82, 2.24) is 0 Å². The fourth-order valence-electron chi connectivity index (χ4n) is 1.98. The van der Waals surface area contributed by atoms with Crippen molar-refractivity contribution in [2.24, 2.45) is 5.92 Å². The van der Waals surface area contributed by atoms with Crippen LogP contribution in [0, 0.1) is 12.8 Å². The molecule has 0 aliphatic heterocycles. The Morgan fingerprint density at radius 1 is 1.33 bits per heavy atom. The molecule has 1 aliphatic carbocycles. The Morgan fingerprint density at radius 3 is 2.67 bits per heavy atom. The molecule has 0 bridgehead atoms. The third kappa shape index (κ3) is 2.25. The number of thioether (sulfide) groups is 1. The summed E-state index contributed by atoms with van der Waals surface area (Å²) in [5.74, 6) is 0.663. The van der Waals surface area contributed by atoms with E-state index in [0.717, 1.165) is 12.8 Å². The van der Waals surface area contributed by atoms with Crippen molar-refractivity contribution in [2.75, 3.05) is 0 Å². The molecule has 0 amide bonds. The van der Waals surface area contributed by atoms with Gasteiger partial charge in [0, 0.05) is 22.5 Å². The molecule has 1 nitrogen and oxygen atoms in total. The van der Waals surface area contributed by atoms with Crippen molar-refractivity contribution < 1.29 is 4.79 Å². The lowest BCUT2D eigenvalue weighted by Gasteiger charge is -2.14. The summed E-state index contributed by atoms with van der Waals surface area (Å²) in [6.07, 6.45) is 1.81. The summed E-state index contributed by atoms with van der Waals surface area (Å²) in [5, 5.41) is 0.485. The van der Waals surface area contributed by atoms with Crippen molar-refractivity contribution in [3.05, 3.63) is 29.8 Å². The van der Waals surface area contributed by atoms with E-state index in [0.29, 0.717) is 11.0 Å². The van der Waals surface area contributed by atoms with Gasteiger partial charge in [-0.05, 0) is 25.0 Å². The molecule has 0 aromatic heterocycles. The van der Waals surface area contributed by atoms with Crippen LogP contribution in [0.4, 0.5) is 0 Å². The van der Waals surface area contributed by atoms with E-state index >= 15 is 0 Å². The molecular weight excluding hydrogens is 204 g/mol. The molecule has 2 heteroatoms. The minimum atomic E-state index is 0.231. The second-order valence-electron chi connectivity index (χ2n) is 4.22. The zero-order valence-corrected chi connectivity index (χ0v) is 10.0. The van der Waals surface area contributed by atoms with Crippen molar-refractivity contribution >= 4 is 17.5 Å². The fraction of sp³-hybridized carbons (Fsp3) is 0.462. The summed E-state index contributed by atoms with van der Waals surface area (Å²) >= 11 is 1.87. The van der Waals surface area contributed by atoms with Gasteiger partial charge in [0.1, 0.15) is 5.78 Å². The Hall–Kier alpha value is -0.760. The molecule has 1 saturated carbocycles. The van der Waals surface area contributed by atoms with Gasteiger partial charge in [-0.3, -0.25) is 4.79 Å². The van der Waals surface area contributed by atoms with E-state index in [4.69, 9.17) is 0 Å². The van der Waals surface area contributed by atoms with E-state index in [2.05, 4.69) is 38.1 Å². The van der Waals surface area contributed by atoms with Crippen molar-refractivity contribution in [3.8, 4) is 0 Å². The second kappa shape index (κ2) is 4.40. The van der Waals surface area contributed by atoms with Crippen LogP contribution in [0.2, 0.25) is 0 Å². The third-order valence-corrected chi connectivity index (χ3v) is 4.77. The number of rotatable bonds is 2. The molecule has 2 rings (SSSR count). The van der Waals surface area contributed by atoms with Gasteiger partial charge in [-0.25, -0.2) is 0 Å². The summed E-state index contributed by atoms with van der Waals surface area (Å²) in [5.41, 5.74) is 1.31. The Balaban J connectivity index is 2.10. The van der Waals surface area contributed by atoms with Crippen LogP contribution in [-0.2, 0) is 4.79 Å². The maximum Gasteiger partial charge on any atom is 0.136 e. The minimum Gasteiger partial charge on any atom is -0.299 e. The first-order chi connectivity index (χ1) is 7.18. The zero-order valence-electron chi connectivity index (χ0n) is 9.19. The van der Waals surface area contributed by atoms with Crippen LogP contribution < -0.4 is 0 Å². The minimum absolute atomic E-state index is 0.231. The van der Waals surface area contributed by atoms with Gasteiger partial charge >= 0.3 is 0 Å². The first kappa shape index (κ1) is 10.7. The number of carbonyl (C=O) groups is 1. The number of carbonyl (C=O) groups excluding carboxylic acids is 1. The summed E-state index contributed by atoms with van der Waals surface area (Å²) in [6.45, 7) is 4.19. The van der Waals surface area contributed by atoms with Gasteiger partial charge in [0.15, 0.2) is 0 Å². The van der Waals surface area contributed by atoms with E-state index in [-0.39, 0.29) is 5.92 Å². The SMILES string of the molecule is Cc1ccccc1SC1CCC(=O)C1C. The van der Waals surface area contributed by atoms with Gasteiger partial charge in [-0.2, -0.15) is 0 Å². The molecule has 1 aliphatic rings. The summed E-state index contributed by atoms with van der Waals surface area (Å²) in [7, 11) is 0. The van der Waals surface area contributed by atoms with E-state index in [1.165, 1.54) is 10.5 Å². The Kier molecular flexibility index (Phi) is 3.15. The lowest BCUT2D eigenvalue weighted by atomic mass is 10.1. The lowest BCUT2D eigenvalue weighted by molar-refractivity contribution is -0.120. The summed E-state index contributed by atoms with van der Waals surface area (Å²) < 4.78 is 0. The third-order valence-electron chi connectivity index (χ3n) is 3.11. The predicted molar refractivity (Wildman–Crippen MR) is 64.2 cm³/mol. The molecule has 2 unspecified atom stereocenters. The van der Waals surface area contributed by atoms with Crippen LogP contribution in [0.25, 0.3) is 0 Å². The molecule has 1 aromatic carbocycles. The molecule has 0 heterocycles. The molecule has 15 heavy (non-hydrogen) atoms. The van der Waals surface area contributed by atoms with Crippen LogP contribution in [0.5, 0.6) is 0 Å². The lowest BCUT2D eigenvalue weighted by Crippen LogP contribution is -2.12. The molecule has 2 atom stereocenters. The highest BCUT2D eigenvalue weighted by atomic mass is 32.2. The van der Waals surface area contributed by atoms with E-state index in [1.807, 2.05) is 11.8 Å². The van der Waals surface area contributed by atoms with Crippen LogP contribution in [-0.4, -0.2) is 11.0 Å². The largest absolute Gasteiger partial charge is 0.299 e. The molecule has 0 N–H and O–H groups in total. The zero-order chi connectivity index (χ0) is 10.8. The number of hydrogen-bond donors (Lipinski definition) is 0. The monoisotopic (exact) mass is 220 g/mol. The first-order valence-corrected chi connectivity index (χ1v) is 6.31. The molecule has 1 fully saturated rings. The highest BCUT2D eigenvalue weighted by Crippen LogP contribution is 2.37. The van der Waals surface area contributed by atoms with Gasteiger partial charge in [-0.1, -0.05) is 25.1 Å². The average Bonchev–Trinajstić information content (AvgIpc) is 2.53. The Morgan fingerprint density at radius 2 is 2.07 bits per heavy atom. The molecule has 80 valence electrons. The summed E-state index contributed by atoms with van der Waals surface area (Å²) in [6, 6.07) is 8.40. The Labute approximate surface area is 95.3 Å². The average molecular weight is 220 g/mol. The van der Waals surface area contributed by atoms with Crippen LogP contribution in [0.3, 0.4) is 0 Å². The quantitative estimate of drug-likeness (QED) is 0.759. The van der Waals surface area contributed by atoms with Crippen molar-refractivity contribution in [2.45, 2.75) is 36.8 Å². The number of benzene rings is 1. The highest BCUT2D eigenvalue weighted by Gasteiger charge is 2.31. The maximum atomic E-state index is 11.4. The molecular formula is C13H16OS. The van der Waals surface area contributed by atoms with E-state index in [9.17, 15) is 4.79 Å². The van der Waals surface area contributed by atoms with Crippen molar-refractivity contribution in [3.63, 3.8) is 0 Å². The Bertz CT molecular complexity index is 373. The van der Waals surface area contributed by atoms with Gasteiger partial charge < -0.3 is 0 Å². The number of hydrogen-bond acceptors (Lipinski definition) is 2. The predicted octanol–water partition coefficient (Wildman–Crippen LogP) is 3.45. The number of ketones is 1. The first-order valence-electron chi connectivity index (χ1n) is 5.43. The molecule has 1 aromatic rings. The smallest absolute Gasteiger partial charge is 0.136 e. The van der Waals surface area contributed by atoms with Crippen LogP contribution in [0.15, 0.2) is 29.2 Å².